The van der Waals surface area contributed by atoms with Crippen LogP contribution in [-0.4, -0.2) is 22.4 Å². The third-order valence-corrected chi connectivity index (χ3v) is 7.11. The zero-order valence-electron chi connectivity index (χ0n) is 16.6. The summed E-state index contributed by atoms with van der Waals surface area (Å²) in [4.78, 5) is 26.1. The lowest BCUT2D eigenvalue weighted by molar-refractivity contribution is -0.127. The molecule has 1 amide bonds. The van der Waals surface area contributed by atoms with Crippen molar-refractivity contribution in [2.24, 2.45) is 5.41 Å². The van der Waals surface area contributed by atoms with Crippen molar-refractivity contribution >= 4 is 22.6 Å². The topological polar surface area (TPSA) is 46.1 Å². The Bertz CT molecular complexity index is 1080. The second-order valence-electron chi connectivity index (χ2n) is 8.55. The van der Waals surface area contributed by atoms with Crippen molar-refractivity contribution in [1.29, 1.82) is 0 Å². The van der Waals surface area contributed by atoms with E-state index in [1.54, 1.807) is 0 Å². The van der Waals surface area contributed by atoms with Gasteiger partial charge >= 0.3 is 0 Å². The number of hydrogen-bond donors (Lipinski definition) is 0. The maximum atomic E-state index is 14.1. The van der Waals surface area contributed by atoms with Gasteiger partial charge < -0.3 is 4.90 Å². The quantitative estimate of drug-likeness (QED) is 0.662. The van der Waals surface area contributed by atoms with Gasteiger partial charge in [-0.25, -0.2) is 9.97 Å². The fourth-order valence-electron chi connectivity index (χ4n) is 5.58. The molecule has 2 bridgehead atoms. The summed E-state index contributed by atoms with van der Waals surface area (Å²) in [7, 11) is 0. The largest absolute Gasteiger partial charge is 0.312 e. The molecule has 1 fully saturated rings. The Morgan fingerprint density at radius 2 is 1.68 bits per heavy atom. The third kappa shape index (κ3) is 2.03. The van der Waals surface area contributed by atoms with Gasteiger partial charge in [-0.05, 0) is 49.4 Å². The Hall–Kier alpha value is -2.75. The van der Waals surface area contributed by atoms with Gasteiger partial charge in [0.1, 0.15) is 0 Å². The summed E-state index contributed by atoms with van der Waals surface area (Å²) in [5.41, 5.74) is 3.87. The first-order chi connectivity index (χ1) is 13.5. The van der Waals surface area contributed by atoms with Crippen LogP contribution in [0.5, 0.6) is 0 Å². The lowest BCUT2D eigenvalue weighted by Crippen LogP contribution is -2.51. The number of hydrogen-bond acceptors (Lipinski definition) is 3. The summed E-state index contributed by atoms with van der Waals surface area (Å²) in [5, 5.41) is 0. The zero-order chi connectivity index (χ0) is 19.5. The molecule has 0 N–H and O–H groups in total. The van der Waals surface area contributed by atoms with Crippen molar-refractivity contribution in [2.75, 3.05) is 11.4 Å². The summed E-state index contributed by atoms with van der Waals surface area (Å²) in [5.74, 6) is 0.440. The molecule has 2 aromatic carbocycles. The van der Waals surface area contributed by atoms with Gasteiger partial charge in [0.15, 0.2) is 0 Å². The highest BCUT2D eigenvalue weighted by atomic mass is 16.2. The van der Waals surface area contributed by atoms with Crippen LogP contribution >= 0.6 is 0 Å². The Labute approximate surface area is 165 Å². The number of anilines is 1. The molecule has 1 saturated carbocycles. The van der Waals surface area contributed by atoms with E-state index >= 15 is 0 Å². The molecule has 0 aliphatic heterocycles. The first-order valence-corrected chi connectivity index (χ1v) is 10.1. The molecule has 3 aromatic rings. The van der Waals surface area contributed by atoms with Crippen LogP contribution in [0.3, 0.4) is 0 Å². The van der Waals surface area contributed by atoms with Crippen molar-refractivity contribution in [3.63, 3.8) is 0 Å². The van der Waals surface area contributed by atoms with E-state index in [4.69, 9.17) is 9.97 Å². The van der Waals surface area contributed by atoms with E-state index in [-0.39, 0.29) is 17.2 Å². The van der Waals surface area contributed by atoms with Crippen LogP contribution in [0.15, 0.2) is 54.6 Å². The number of benzene rings is 2. The highest BCUT2D eigenvalue weighted by Crippen LogP contribution is 2.67. The SMILES string of the molecule is CCN(C(=O)C12CCC(c3nc4ccccc4nc31)C2(C)C)c1ccccc1. The van der Waals surface area contributed by atoms with Gasteiger partial charge in [0.05, 0.1) is 27.8 Å². The summed E-state index contributed by atoms with van der Waals surface area (Å²) in [6.07, 6.45) is 1.83. The van der Waals surface area contributed by atoms with E-state index < -0.39 is 5.41 Å². The standard InChI is InChI=1S/C24H25N3O/c1-4-27(16-10-6-5-7-11-16)22(28)24-15-14-17(23(24,2)3)20-21(24)26-19-13-9-8-12-18(19)25-20/h5-13,17H,4,14-15H2,1-3H3. The molecule has 2 unspecified atom stereocenters. The molecular weight excluding hydrogens is 346 g/mol. The maximum absolute atomic E-state index is 14.1. The normalized spacial score (nSPS) is 24.3. The molecule has 2 atom stereocenters. The molecule has 0 radical (unpaired) electrons. The lowest BCUT2D eigenvalue weighted by atomic mass is 9.67. The van der Waals surface area contributed by atoms with Crippen LogP contribution in [-0.2, 0) is 10.2 Å². The lowest BCUT2D eigenvalue weighted by Gasteiger charge is -2.40. The molecule has 2 aliphatic carbocycles. The number of likely N-dealkylation sites (N-methyl/N-ethyl adjacent to an activating group) is 1. The number of amides is 1. The van der Waals surface area contributed by atoms with Crippen LogP contribution in [0.1, 0.15) is 50.9 Å². The summed E-state index contributed by atoms with van der Waals surface area (Å²) in [6, 6.07) is 18.0. The number of fused-ring (bicyclic) bond motifs is 6. The van der Waals surface area contributed by atoms with Crippen LogP contribution in [0.25, 0.3) is 11.0 Å². The van der Waals surface area contributed by atoms with Gasteiger partial charge in [0, 0.05) is 18.2 Å². The molecule has 4 heteroatoms. The Kier molecular flexibility index (Phi) is 3.64. The van der Waals surface area contributed by atoms with Gasteiger partial charge in [-0.3, -0.25) is 4.79 Å². The number of carbonyl (C=O) groups excluding carboxylic acids is 1. The molecule has 4 nitrogen and oxygen atoms in total. The molecule has 2 aliphatic rings. The first-order valence-electron chi connectivity index (χ1n) is 10.1. The monoisotopic (exact) mass is 371 g/mol. The second-order valence-corrected chi connectivity index (χ2v) is 8.55. The smallest absolute Gasteiger partial charge is 0.239 e. The fourth-order valence-corrected chi connectivity index (χ4v) is 5.58. The predicted molar refractivity (Wildman–Crippen MR) is 111 cm³/mol. The van der Waals surface area contributed by atoms with E-state index in [2.05, 4.69) is 13.8 Å². The van der Waals surface area contributed by atoms with E-state index in [1.807, 2.05) is 66.4 Å². The van der Waals surface area contributed by atoms with Crippen LogP contribution in [0.2, 0.25) is 0 Å². The zero-order valence-corrected chi connectivity index (χ0v) is 16.6. The van der Waals surface area contributed by atoms with Crippen molar-refractivity contribution in [3.05, 3.63) is 66.0 Å². The van der Waals surface area contributed by atoms with Crippen molar-refractivity contribution in [2.45, 2.75) is 44.9 Å². The number of para-hydroxylation sites is 3. The molecule has 0 saturated heterocycles. The predicted octanol–water partition coefficient (Wildman–Crippen LogP) is 4.84. The number of aromatic nitrogens is 2. The van der Waals surface area contributed by atoms with Crippen LogP contribution in [0.4, 0.5) is 5.69 Å². The molecule has 142 valence electrons. The Balaban J connectivity index is 1.72. The number of rotatable bonds is 3. The third-order valence-electron chi connectivity index (χ3n) is 7.11. The molecule has 5 rings (SSSR count). The summed E-state index contributed by atoms with van der Waals surface area (Å²) < 4.78 is 0. The molecule has 1 aromatic heterocycles. The highest BCUT2D eigenvalue weighted by molar-refractivity contribution is 6.03. The summed E-state index contributed by atoms with van der Waals surface area (Å²) in [6.45, 7) is 7.15. The highest BCUT2D eigenvalue weighted by Gasteiger charge is 2.68. The average molecular weight is 371 g/mol. The van der Waals surface area contributed by atoms with Crippen molar-refractivity contribution < 1.29 is 4.79 Å². The Morgan fingerprint density at radius 1 is 1.04 bits per heavy atom. The van der Waals surface area contributed by atoms with E-state index in [0.29, 0.717) is 6.54 Å². The number of nitrogens with zero attached hydrogens (tertiary/aromatic N) is 3. The van der Waals surface area contributed by atoms with Crippen molar-refractivity contribution in [1.82, 2.24) is 9.97 Å². The van der Waals surface area contributed by atoms with Gasteiger partial charge in [-0.1, -0.05) is 44.2 Å². The average Bonchev–Trinajstić information content (AvgIpc) is 3.09. The minimum absolute atomic E-state index is 0.164. The number of carbonyl (C=O) groups is 1. The molecule has 28 heavy (non-hydrogen) atoms. The van der Waals surface area contributed by atoms with Crippen LogP contribution < -0.4 is 4.90 Å². The minimum atomic E-state index is -0.615. The maximum Gasteiger partial charge on any atom is 0.239 e. The van der Waals surface area contributed by atoms with Crippen molar-refractivity contribution in [3.8, 4) is 0 Å². The van der Waals surface area contributed by atoms with Gasteiger partial charge in [0.2, 0.25) is 5.91 Å². The van der Waals surface area contributed by atoms with E-state index in [0.717, 1.165) is 41.0 Å². The van der Waals surface area contributed by atoms with E-state index in [1.165, 1.54) is 0 Å². The summed E-state index contributed by atoms with van der Waals surface area (Å²) >= 11 is 0. The van der Waals surface area contributed by atoms with E-state index in [9.17, 15) is 4.79 Å². The van der Waals surface area contributed by atoms with Gasteiger partial charge in [-0.2, -0.15) is 0 Å². The second kappa shape index (κ2) is 5.87. The molecule has 1 heterocycles. The molecular formula is C24H25N3O. The van der Waals surface area contributed by atoms with Gasteiger partial charge in [-0.15, -0.1) is 0 Å². The fraction of sp³-hybridized carbons (Fsp3) is 0.375. The van der Waals surface area contributed by atoms with Crippen LogP contribution in [0, 0.1) is 5.41 Å². The first kappa shape index (κ1) is 17.4. The molecule has 0 spiro atoms. The Morgan fingerprint density at radius 3 is 2.36 bits per heavy atom. The van der Waals surface area contributed by atoms with Gasteiger partial charge in [0.25, 0.3) is 0 Å². The minimum Gasteiger partial charge on any atom is -0.312 e.